The summed E-state index contributed by atoms with van der Waals surface area (Å²) < 4.78 is 6.41. The van der Waals surface area contributed by atoms with E-state index in [-0.39, 0.29) is 0 Å². The van der Waals surface area contributed by atoms with Crippen molar-refractivity contribution in [3.05, 3.63) is 40.1 Å². The van der Waals surface area contributed by atoms with Gasteiger partial charge in [0.05, 0.1) is 10.7 Å². The van der Waals surface area contributed by atoms with Crippen LogP contribution in [0.4, 0.5) is 0 Å². The lowest BCUT2D eigenvalue weighted by atomic mass is 10.1. The Hall–Kier alpha value is -0.750. The Morgan fingerprint density at radius 2 is 1.84 bits per heavy atom. The first-order valence-corrected chi connectivity index (χ1v) is 8.03. The second-order valence-electron chi connectivity index (χ2n) is 4.37. The van der Waals surface area contributed by atoms with Gasteiger partial charge in [-0.25, -0.2) is 4.98 Å². The van der Waals surface area contributed by atoms with Gasteiger partial charge < -0.3 is 4.74 Å². The molecule has 0 aliphatic rings. The minimum Gasteiger partial charge on any atom is -0.497 e. The molecule has 0 bridgehead atoms. The quantitative estimate of drug-likeness (QED) is 0.554. The van der Waals surface area contributed by atoms with Crippen molar-refractivity contribution in [1.82, 2.24) is 4.98 Å². The number of pyridine rings is 1. The van der Waals surface area contributed by atoms with Crippen molar-refractivity contribution in [3.63, 3.8) is 0 Å². The molecule has 2 rings (SSSR count). The Balaban J connectivity index is 2.38. The lowest BCUT2D eigenvalue weighted by Gasteiger charge is -2.11. The van der Waals surface area contributed by atoms with Crippen molar-refractivity contribution in [3.8, 4) is 16.9 Å². The van der Waals surface area contributed by atoms with E-state index >= 15 is 0 Å². The van der Waals surface area contributed by atoms with Crippen molar-refractivity contribution in [2.24, 2.45) is 0 Å². The standard InChI is InChI=1S/C15H16INOS/c1-10(2)19-15-14(16)13(8-9-17-15)11-4-6-12(18-3)7-5-11/h4-10H,1-3H3. The summed E-state index contributed by atoms with van der Waals surface area (Å²) in [6.07, 6.45) is 1.88. The molecule has 0 atom stereocenters. The van der Waals surface area contributed by atoms with E-state index in [0.717, 1.165) is 10.8 Å². The number of ether oxygens (including phenoxy) is 1. The molecule has 1 heterocycles. The molecule has 0 fully saturated rings. The van der Waals surface area contributed by atoms with E-state index in [9.17, 15) is 0 Å². The fourth-order valence-corrected chi connectivity index (χ4v) is 3.52. The highest BCUT2D eigenvalue weighted by molar-refractivity contribution is 14.1. The predicted molar refractivity (Wildman–Crippen MR) is 89.9 cm³/mol. The summed E-state index contributed by atoms with van der Waals surface area (Å²) in [4.78, 5) is 4.47. The van der Waals surface area contributed by atoms with Crippen molar-refractivity contribution in [2.45, 2.75) is 24.1 Å². The summed E-state index contributed by atoms with van der Waals surface area (Å²) in [5, 5.41) is 1.64. The number of nitrogens with zero attached hydrogens (tertiary/aromatic N) is 1. The molecule has 0 saturated heterocycles. The van der Waals surface area contributed by atoms with Crippen LogP contribution in [0.5, 0.6) is 5.75 Å². The number of halogens is 1. The normalized spacial score (nSPS) is 10.8. The topological polar surface area (TPSA) is 22.1 Å². The van der Waals surface area contributed by atoms with Gasteiger partial charge in [0.2, 0.25) is 0 Å². The van der Waals surface area contributed by atoms with Gasteiger partial charge in [-0.05, 0) is 51.9 Å². The maximum absolute atomic E-state index is 5.19. The zero-order chi connectivity index (χ0) is 13.8. The number of hydrogen-bond acceptors (Lipinski definition) is 3. The summed E-state index contributed by atoms with van der Waals surface area (Å²) in [6, 6.07) is 10.2. The molecule has 2 aromatic rings. The van der Waals surface area contributed by atoms with Crippen molar-refractivity contribution >= 4 is 34.4 Å². The highest BCUT2D eigenvalue weighted by Gasteiger charge is 2.10. The molecule has 100 valence electrons. The van der Waals surface area contributed by atoms with E-state index in [1.807, 2.05) is 18.3 Å². The lowest BCUT2D eigenvalue weighted by molar-refractivity contribution is 0.415. The van der Waals surface area contributed by atoms with Crippen LogP contribution in [0.1, 0.15) is 13.8 Å². The molecule has 1 aromatic heterocycles. The molecular weight excluding hydrogens is 369 g/mol. The summed E-state index contributed by atoms with van der Waals surface area (Å²) in [6.45, 7) is 4.37. The lowest BCUT2D eigenvalue weighted by Crippen LogP contribution is -1.94. The minimum atomic E-state index is 0.534. The van der Waals surface area contributed by atoms with Crippen LogP contribution in [0, 0.1) is 3.57 Å². The van der Waals surface area contributed by atoms with Crippen LogP contribution >= 0.6 is 34.4 Å². The molecule has 0 saturated carbocycles. The van der Waals surface area contributed by atoms with E-state index in [1.54, 1.807) is 18.9 Å². The van der Waals surface area contributed by atoms with E-state index in [4.69, 9.17) is 4.74 Å². The van der Waals surface area contributed by atoms with E-state index < -0.39 is 0 Å². The molecule has 1 aromatic carbocycles. The van der Waals surface area contributed by atoms with Crippen LogP contribution in [0.25, 0.3) is 11.1 Å². The van der Waals surface area contributed by atoms with Crippen molar-refractivity contribution in [1.29, 1.82) is 0 Å². The highest BCUT2D eigenvalue weighted by Crippen LogP contribution is 2.33. The van der Waals surface area contributed by atoms with Gasteiger partial charge in [-0.2, -0.15) is 0 Å². The predicted octanol–water partition coefficient (Wildman–Crippen LogP) is 4.86. The minimum absolute atomic E-state index is 0.534. The number of benzene rings is 1. The number of methoxy groups -OCH3 is 1. The second kappa shape index (κ2) is 6.61. The summed E-state index contributed by atoms with van der Waals surface area (Å²) in [5.74, 6) is 0.879. The third-order valence-corrected chi connectivity index (χ3v) is 5.07. The molecule has 0 aliphatic carbocycles. The molecule has 0 N–H and O–H groups in total. The highest BCUT2D eigenvalue weighted by atomic mass is 127. The van der Waals surface area contributed by atoms with Gasteiger partial charge >= 0.3 is 0 Å². The molecule has 2 nitrogen and oxygen atoms in total. The van der Waals surface area contributed by atoms with Crippen molar-refractivity contribution < 1.29 is 4.74 Å². The molecule has 0 aliphatic heterocycles. The van der Waals surface area contributed by atoms with Crippen LogP contribution < -0.4 is 4.74 Å². The maximum atomic E-state index is 5.19. The van der Waals surface area contributed by atoms with Gasteiger partial charge in [-0.1, -0.05) is 26.0 Å². The van der Waals surface area contributed by atoms with E-state index in [1.165, 1.54) is 14.7 Å². The van der Waals surface area contributed by atoms with E-state index in [0.29, 0.717) is 5.25 Å². The van der Waals surface area contributed by atoms with Gasteiger partial charge in [0, 0.05) is 11.4 Å². The molecule has 19 heavy (non-hydrogen) atoms. The van der Waals surface area contributed by atoms with Gasteiger partial charge in [-0.15, -0.1) is 11.8 Å². The van der Waals surface area contributed by atoms with Crippen LogP contribution in [0.2, 0.25) is 0 Å². The Labute approximate surface area is 132 Å². The largest absolute Gasteiger partial charge is 0.497 e. The Morgan fingerprint density at radius 1 is 1.16 bits per heavy atom. The smallest absolute Gasteiger partial charge is 0.118 e. The molecule has 4 heteroatoms. The zero-order valence-corrected chi connectivity index (χ0v) is 14.2. The number of aromatic nitrogens is 1. The first-order chi connectivity index (χ1) is 9.11. The third-order valence-electron chi connectivity index (χ3n) is 2.61. The second-order valence-corrected chi connectivity index (χ2v) is 7.02. The number of rotatable bonds is 4. The fraction of sp³-hybridized carbons (Fsp3) is 0.267. The Bertz CT molecular complexity index is 555. The van der Waals surface area contributed by atoms with Crippen LogP contribution in [0.3, 0.4) is 0 Å². The third kappa shape index (κ3) is 3.63. The van der Waals surface area contributed by atoms with Crippen molar-refractivity contribution in [2.75, 3.05) is 7.11 Å². The SMILES string of the molecule is COc1ccc(-c2ccnc(SC(C)C)c2I)cc1. The van der Waals surface area contributed by atoms with Crippen LogP contribution in [0.15, 0.2) is 41.6 Å². The summed E-state index contributed by atoms with van der Waals surface area (Å²) in [5.41, 5.74) is 2.42. The van der Waals surface area contributed by atoms with E-state index in [2.05, 4.69) is 59.6 Å². The van der Waals surface area contributed by atoms with Crippen LogP contribution in [-0.2, 0) is 0 Å². The number of thioether (sulfide) groups is 1. The molecular formula is C15H16INOS. The van der Waals surface area contributed by atoms with Gasteiger partial charge in [0.25, 0.3) is 0 Å². The molecule has 0 spiro atoms. The molecule has 0 unspecified atom stereocenters. The monoisotopic (exact) mass is 385 g/mol. The average molecular weight is 385 g/mol. The average Bonchev–Trinajstić information content (AvgIpc) is 2.41. The van der Waals surface area contributed by atoms with Gasteiger partial charge in [0.15, 0.2) is 0 Å². The molecule has 0 radical (unpaired) electrons. The van der Waals surface area contributed by atoms with Crippen LogP contribution in [-0.4, -0.2) is 17.3 Å². The van der Waals surface area contributed by atoms with Gasteiger partial charge in [-0.3, -0.25) is 0 Å². The van der Waals surface area contributed by atoms with Gasteiger partial charge in [0.1, 0.15) is 10.8 Å². The first-order valence-electron chi connectivity index (χ1n) is 6.07. The fourth-order valence-electron chi connectivity index (χ4n) is 1.72. The Kier molecular flexibility index (Phi) is 5.10. The first kappa shape index (κ1) is 14.7. The Morgan fingerprint density at radius 3 is 2.42 bits per heavy atom. The number of hydrogen-bond donors (Lipinski definition) is 0. The zero-order valence-electron chi connectivity index (χ0n) is 11.2. The molecule has 0 amide bonds. The summed E-state index contributed by atoms with van der Waals surface area (Å²) >= 11 is 4.18. The summed E-state index contributed by atoms with van der Waals surface area (Å²) in [7, 11) is 1.68. The maximum Gasteiger partial charge on any atom is 0.118 e.